The van der Waals surface area contributed by atoms with Crippen LogP contribution in [0.15, 0.2) is 122 Å². The van der Waals surface area contributed by atoms with E-state index >= 15 is 0 Å². The first-order chi connectivity index (χ1) is 16.8. The lowest BCUT2D eigenvalue weighted by molar-refractivity contribution is 1.30. The number of aromatic nitrogens is 2. The van der Waals surface area contributed by atoms with E-state index in [1.165, 1.54) is 11.1 Å². The molecule has 2 heterocycles. The molecule has 0 fully saturated rings. The zero-order valence-corrected chi connectivity index (χ0v) is 18.8. The van der Waals surface area contributed by atoms with Gasteiger partial charge in [0.1, 0.15) is 0 Å². The third-order valence-corrected chi connectivity index (χ3v) is 5.56. The number of pyridine rings is 2. The van der Waals surface area contributed by atoms with Crippen molar-refractivity contribution < 1.29 is 0 Å². The van der Waals surface area contributed by atoms with Crippen molar-refractivity contribution in [2.75, 3.05) is 0 Å². The molecule has 0 amide bonds. The molecule has 2 nitrogen and oxygen atoms in total. The lowest BCUT2D eigenvalue weighted by Crippen LogP contribution is -1.88. The van der Waals surface area contributed by atoms with Gasteiger partial charge < -0.3 is 0 Å². The Balaban J connectivity index is 1.39. The van der Waals surface area contributed by atoms with E-state index in [4.69, 9.17) is 0 Å². The van der Waals surface area contributed by atoms with Gasteiger partial charge in [0, 0.05) is 23.5 Å². The summed E-state index contributed by atoms with van der Waals surface area (Å²) >= 11 is 0. The van der Waals surface area contributed by atoms with Crippen LogP contribution in [0.25, 0.3) is 46.8 Å². The Morgan fingerprint density at radius 2 is 0.824 bits per heavy atom. The van der Waals surface area contributed by atoms with Gasteiger partial charge in [0.2, 0.25) is 0 Å². The van der Waals surface area contributed by atoms with Crippen LogP contribution in [0, 0.1) is 0 Å². The average molecular weight is 437 g/mol. The lowest BCUT2D eigenvalue weighted by Gasteiger charge is -2.07. The first-order valence-corrected chi connectivity index (χ1v) is 11.3. The van der Waals surface area contributed by atoms with Gasteiger partial charge in [0.15, 0.2) is 0 Å². The van der Waals surface area contributed by atoms with E-state index in [0.29, 0.717) is 0 Å². The van der Waals surface area contributed by atoms with Crippen LogP contribution in [0.3, 0.4) is 0 Å². The summed E-state index contributed by atoms with van der Waals surface area (Å²) in [7, 11) is 0. The van der Waals surface area contributed by atoms with Gasteiger partial charge in [-0.2, -0.15) is 0 Å². The maximum atomic E-state index is 4.61. The van der Waals surface area contributed by atoms with Crippen molar-refractivity contribution in [3.8, 4) is 22.5 Å². The van der Waals surface area contributed by atoms with Crippen LogP contribution < -0.4 is 0 Å². The molecule has 0 unspecified atom stereocenters. The third-order valence-electron chi connectivity index (χ3n) is 5.56. The van der Waals surface area contributed by atoms with Crippen molar-refractivity contribution in [3.63, 3.8) is 0 Å². The molecule has 5 rings (SSSR count). The third kappa shape index (κ3) is 5.43. The molecule has 0 aliphatic rings. The zero-order chi connectivity index (χ0) is 23.0. The number of benzene rings is 3. The van der Waals surface area contributed by atoms with Crippen LogP contribution >= 0.6 is 0 Å². The molecule has 3 aromatic carbocycles. The number of nitrogens with zero attached hydrogens (tertiary/aromatic N) is 2. The van der Waals surface area contributed by atoms with Gasteiger partial charge >= 0.3 is 0 Å². The van der Waals surface area contributed by atoms with Crippen LogP contribution in [-0.2, 0) is 0 Å². The first kappa shape index (κ1) is 21.3. The van der Waals surface area contributed by atoms with E-state index in [-0.39, 0.29) is 0 Å². The van der Waals surface area contributed by atoms with Crippen LogP contribution in [-0.4, -0.2) is 9.97 Å². The Morgan fingerprint density at radius 3 is 1.29 bits per heavy atom. The highest BCUT2D eigenvalue weighted by atomic mass is 14.7. The molecule has 2 heteroatoms. The molecule has 162 valence electrons. The number of rotatable bonds is 6. The topological polar surface area (TPSA) is 25.8 Å². The van der Waals surface area contributed by atoms with E-state index < -0.39 is 0 Å². The summed E-state index contributed by atoms with van der Waals surface area (Å²) < 4.78 is 0. The molecule has 0 bridgehead atoms. The van der Waals surface area contributed by atoms with Crippen molar-refractivity contribution in [1.82, 2.24) is 9.97 Å². The Labute approximate surface area is 200 Å². The van der Waals surface area contributed by atoms with Crippen LogP contribution in [0.5, 0.6) is 0 Å². The fraction of sp³-hybridized carbons (Fsp3) is 0. The van der Waals surface area contributed by atoms with Crippen LogP contribution in [0.1, 0.15) is 22.3 Å². The summed E-state index contributed by atoms with van der Waals surface area (Å²) in [6.07, 6.45) is 12.2. The van der Waals surface area contributed by atoms with E-state index in [1.807, 2.05) is 60.9 Å². The predicted octanol–water partition coefficient (Wildman–Crippen LogP) is 8.15. The molecule has 0 aliphatic heterocycles. The Morgan fingerprint density at radius 1 is 0.382 bits per heavy atom. The Bertz CT molecular complexity index is 1330. The first-order valence-electron chi connectivity index (χ1n) is 11.3. The van der Waals surface area contributed by atoms with Crippen LogP contribution in [0.4, 0.5) is 0 Å². The minimum atomic E-state index is 0.942. The van der Waals surface area contributed by atoms with Crippen molar-refractivity contribution in [1.29, 1.82) is 0 Å². The smallest absolute Gasteiger partial charge is 0.0708 e. The highest BCUT2D eigenvalue weighted by Gasteiger charge is 2.05. The minimum Gasteiger partial charge on any atom is -0.256 e. The van der Waals surface area contributed by atoms with Gasteiger partial charge in [-0.3, -0.25) is 9.97 Å². The van der Waals surface area contributed by atoms with E-state index in [2.05, 4.69) is 94.9 Å². The molecule has 34 heavy (non-hydrogen) atoms. The van der Waals surface area contributed by atoms with Gasteiger partial charge in [-0.1, -0.05) is 103 Å². The molecule has 0 saturated carbocycles. The summed E-state index contributed by atoms with van der Waals surface area (Å²) in [5.74, 6) is 0. The summed E-state index contributed by atoms with van der Waals surface area (Å²) in [5, 5.41) is 0. The maximum Gasteiger partial charge on any atom is 0.0708 e. The largest absolute Gasteiger partial charge is 0.256 e. The van der Waals surface area contributed by atoms with E-state index in [9.17, 15) is 0 Å². The quantitative estimate of drug-likeness (QED) is 0.268. The zero-order valence-electron chi connectivity index (χ0n) is 18.8. The fourth-order valence-electron chi connectivity index (χ4n) is 3.77. The lowest BCUT2D eigenvalue weighted by atomic mass is 10.0. The summed E-state index contributed by atoms with van der Waals surface area (Å²) in [5.41, 5.74) is 8.61. The van der Waals surface area contributed by atoms with Gasteiger partial charge in [0.25, 0.3) is 0 Å². The van der Waals surface area contributed by atoms with Gasteiger partial charge in [-0.25, -0.2) is 0 Å². The van der Waals surface area contributed by atoms with Crippen molar-refractivity contribution >= 4 is 24.3 Å². The summed E-state index contributed by atoms with van der Waals surface area (Å²) in [4.78, 5) is 9.23. The SMILES string of the molecule is C(=Cc1ccnc(-c2cccc(-c3cc(C=Cc4ccccc4)ccn3)c2)c1)c1ccccc1. The molecular formula is C32H24N2. The second kappa shape index (κ2) is 10.4. The van der Waals surface area contributed by atoms with Crippen molar-refractivity contribution in [2.45, 2.75) is 0 Å². The second-order valence-corrected chi connectivity index (χ2v) is 8.02. The van der Waals surface area contributed by atoms with Gasteiger partial charge in [0.05, 0.1) is 11.4 Å². The normalized spacial score (nSPS) is 11.3. The summed E-state index contributed by atoms with van der Waals surface area (Å²) in [6, 6.07) is 37.3. The average Bonchev–Trinajstić information content (AvgIpc) is 2.92. The van der Waals surface area contributed by atoms with Crippen molar-refractivity contribution in [2.24, 2.45) is 0 Å². The molecule has 2 aromatic heterocycles. The molecule has 0 saturated heterocycles. The maximum absolute atomic E-state index is 4.61. The minimum absolute atomic E-state index is 0.942. The van der Waals surface area contributed by atoms with Crippen molar-refractivity contribution in [3.05, 3.63) is 144 Å². The fourth-order valence-corrected chi connectivity index (χ4v) is 3.77. The molecule has 5 aromatic rings. The molecule has 0 aliphatic carbocycles. The molecule has 0 radical (unpaired) electrons. The Hall–Kier alpha value is -4.56. The summed E-state index contributed by atoms with van der Waals surface area (Å²) in [6.45, 7) is 0. The van der Waals surface area contributed by atoms with Gasteiger partial charge in [-0.15, -0.1) is 0 Å². The molecule has 0 spiro atoms. The monoisotopic (exact) mass is 436 g/mol. The molecule has 0 atom stereocenters. The molecule has 0 N–H and O–H groups in total. The van der Waals surface area contributed by atoms with E-state index in [0.717, 1.165) is 33.6 Å². The highest BCUT2D eigenvalue weighted by Crippen LogP contribution is 2.26. The Kier molecular flexibility index (Phi) is 6.50. The highest BCUT2D eigenvalue weighted by molar-refractivity contribution is 5.76. The van der Waals surface area contributed by atoms with Crippen LogP contribution in [0.2, 0.25) is 0 Å². The van der Waals surface area contributed by atoms with Gasteiger partial charge in [-0.05, 0) is 52.6 Å². The standard InChI is InChI=1S/C32H24N2/c1-3-8-25(9-4-1)14-16-27-18-20-33-31(22-27)29-12-7-13-30(24-29)32-23-28(19-21-34-32)17-15-26-10-5-2-6-11-26/h1-24H. The molecular weight excluding hydrogens is 412 g/mol. The van der Waals surface area contributed by atoms with E-state index in [1.54, 1.807) is 0 Å². The number of hydrogen-bond acceptors (Lipinski definition) is 2. The predicted molar refractivity (Wildman–Crippen MR) is 144 cm³/mol. The second-order valence-electron chi connectivity index (χ2n) is 8.02. The number of hydrogen-bond donors (Lipinski definition) is 0.